The van der Waals surface area contributed by atoms with Crippen LogP contribution in [0, 0.1) is 0 Å². The van der Waals surface area contributed by atoms with Crippen molar-refractivity contribution in [1.29, 1.82) is 0 Å². The van der Waals surface area contributed by atoms with E-state index >= 15 is 0 Å². The molecule has 0 unspecified atom stereocenters. The summed E-state index contributed by atoms with van der Waals surface area (Å²) in [6, 6.07) is 8.44. The molecule has 0 aliphatic carbocycles. The van der Waals surface area contributed by atoms with E-state index in [0.717, 1.165) is 53.1 Å². The van der Waals surface area contributed by atoms with Crippen LogP contribution in [0.15, 0.2) is 39.9 Å². The van der Waals surface area contributed by atoms with Crippen molar-refractivity contribution in [2.45, 2.75) is 39.2 Å². The van der Waals surface area contributed by atoms with Gasteiger partial charge in [-0.15, -0.1) is 0 Å². The fraction of sp³-hybridized carbons (Fsp3) is 0.458. The first kappa shape index (κ1) is 22.6. The summed E-state index contributed by atoms with van der Waals surface area (Å²) in [5.74, 6) is 0.578. The Labute approximate surface area is 197 Å². The van der Waals surface area contributed by atoms with Crippen LogP contribution in [0.1, 0.15) is 38.3 Å². The monoisotopic (exact) mass is 500 g/mol. The number of carbonyl (C=O) groups is 1. The van der Waals surface area contributed by atoms with Crippen LogP contribution in [0.25, 0.3) is 0 Å². The van der Waals surface area contributed by atoms with Gasteiger partial charge in [0.2, 0.25) is 5.88 Å². The molecule has 0 spiro atoms. The summed E-state index contributed by atoms with van der Waals surface area (Å²) in [4.78, 5) is 25.8. The molecule has 1 aromatic heterocycles. The molecule has 0 bridgehead atoms. The zero-order valence-electron chi connectivity index (χ0n) is 19.0. The van der Waals surface area contributed by atoms with Crippen molar-refractivity contribution in [3.8, 4) is 5.88 Å². The van der Waals surface area contributed by atoms with Crippen LogP contribution in [0.2, 0.25) is 0 Å². The van der Waals surface area contributed by atoms with E-state index in [1.54, 1.807) is 18.2 Å². The molecule has 8 heteroatoms. The van der Waals surface area contributed by atoms with Crippen molar-refractivity contribution in [2.75, 3.05) is 38.2 Å². The van der Waals surface area contributed by atoms with Crippen LogP contribution >= 0.6 is 15.9 Å². The van der Waals surface area contributed by atoms with Gasteiger partial charge in [0.15, 0.2) is 0 Å². The number of hydrogen-bond donors (Lipinski definition) is 0. The molecule has 1 saturated heterocycles. The van der Waals surface area contributed by atoms with Gasteiger partial charge in [0.25, 0.3) is 0 Å². The Morgan fingerprint density at radius 3 is 2.69 bits per heavy atom. The van der Waals surface area contributed by atoms with Crippen molar-refractivity contribution in [2.24, 2.45) is 4.99 Å². The number of fused-ring (bicyclic) bond motifs is 1. The highest BCUT2D eigenvalue weighted by Gasteiger charge is 2.26. The molecule has 32 heavy (non-hydrogen) atoms. The van der Waals surface area contributed by atoms with Crippen LogP contribution in [-0.4, -0.2) is 60.6 Å². The molecule has 3 heterocycles. The van der Waals surface area contributed by atoms with Gasteiger partial charge in [-0.1, -0.05) is 6.07 Å². The van der Waals surface area contributed by atoms with Crippen molar-refractivity contribution < 1.29 is 14.3 Å². The van der Waals surface area contributed by atoms with Gasteiger partial charge >= 0.3 is 6.09 Å². The number of aromatic nitrogens is 1. The molecule has 2 aliphatic rings. The summed E-state index contributed by atoms with van der Waals surface area (Å²) in [7, 11) is 1.63. The zero-order chi connectivity index (χ0) is 22.9. The van der Waals surface area contributed by atoms with Crippen LogP contribution < -0.4 is 9.64 Å². The topological polar surface area (TPSA) is 67.3 Å². The lowest BCUT2D eigenvalue weighted by atomic mass is 10.0. The van der Waals surface area contributed by atoms with Crippen LogP contribution in [0.4, 0.5) is 16.2 Å². The quantitative estimate of drug-likeness (QED) is 0.594. The van der Waals surface area contributed by atoms with Crippen LogP contribution in [0.5, 0.6) is 5.88 Å². The van der Waals surface area contributed by atoms with E-state index in [1.165, 1.54) is 5.56 Å². The first-order valence-electron chi connectivity index (χ1n) is 10.9. The SMILES string of the molecule is COc1ncc(Br)cc1C1=Nc2cc(N3CCCN(C(=O)OC(C)(C)C)CC3)ccc2C1. The van der Waals surface area contributed by atoms with Crippen molar-refractivity contribution in [1.82, 2.24) is 9.88 Å². The number of halogens is 1. The Hall–Kier alpha value is -2.61. The highest BCUT2D eigenvalue weighted by molar-refractivity contribution is 9.10. The number of benzene rings is 1. The molecule has 0 N–H and O–H groups in total. The minimum atomic E-state index is -0.481. The standard InChI is InChI=1S/C24H29BrN4O3/c1-24(2,3)32-23(30)29-9-5-8-28(10-11-29)18-7-6-16-12-21(27-20(16)14-18)19-13-17(25)15-26-22(19)31-4/h6-7,13-15H,5,8-12H2,1-4H3. The molecule has 4 rings (SSSR count). The first-order valence-corrected chi connectivity index (χ1v) is 11.7. The molecule has 170 valence electrons. The third-order valence-corrected chi connectivity index (χ3v) is 5.95. The molecular formula is C24H29BrN4O3. The summed E-state index contributed by atoms with van der Waals surface area (Å²) in [5.41, 5.74) is 4.67. The smallest absolute Gasteiger partial charge is 0.410 e. The highest BCUT2D eigenvalue weighted by atomic mass is 79.9. The minimum Gasteiger partial charge on any atom is -0.481 e. The van der Waals surface area contributed by atoms with E-state index in [2.05, 4.69) is 44.0 Å². The van der Waals surface area contributed by atoms with Crippen molar-refractivity contribution in [3.05, 3.63) is 46.1 Å². The Bertz CT molecular complexity index is 1050. The second kappa shape index (κ2) is 9.10. The number of pyridine rings is 1. The molecule has 0 saturated carbocycles. The number of rotatable bonds is 3. The predicted molar refractivity (Wildman–Crippen MR) is 129 cm³/mol. The van der Waals surface area contributed by atoms with Crippen molar-refractivity contribution in [3.63, 3.8) is 0 Å². The number of amides is 1. The molecule has 0 radical (unpaired) electrons. The summed E-state index contributed by atoms with van der Waals surface area (Å²) >= 11 is 3.49. The normalized spacial score (nSPS) is 16.3. The highest BCUT2D eigenvalue weighted by Crippen LogP contribution is 2.35. The van der Waals surface area contributed by atoms with Gasteiger partial charge in [-0.25, -0.2) is 9.78 Å². The van der Waals surface area contributed by atoms with Gasteiger partial charge in [-0.3, -0.25) is 4.99 Å². The molecule has 7 nitrogen and oxygen atoms in total. The van der Waals surface area contributed by atoms with Gasteiger partial charge in [-0.05, 0) is 66.9 Å². The fourth-order valence-electron chi connectivity index (χ4n) is 4.00. The maximum Gasteiger partial charge on any atom is 0.410 e. The minimum absolute atomic E-state index is 0.237. The molecular weight excluding hydrogens is 472 g/mol. The second-order valence-electron chi connectivity index (χ2n) is 9.07. The lowest BCUT2D eigenvalue weighted by Crippen LogP contribution is -2.39. The lowest BCUT2D eigenvalue weighted by Gasteiger charge is -2.27. The molecule has 2 aromatic rings. The van der Waals surface area contributed by atoms with Gasteiger partial charge in [0.05, 0.1) is 24.1 Å². The lowest BCUT2D eigenvalue weighted by molar-refractivity contribution is 0.0263. The average molecular weight is 501 g/mol. The Morgan fingerprint density at radius 2 is 1.94 bits per heavy atom. The number of aliphatic imine (C=N–C) groups is 1. The third-order valence-electron chi connectivity index (χ3n) is 5.52. The van der Waals surface area contributed by atoms with Crippen LogP contribution in [0.3, 0.4) is 0 Å². The van der Waals surface area contributed by atoms with E-state index in [-0.39, 0.29) is 6.09 Å². The largest absolute Gasteiger partial charge is 0.481 e. The molecule has 1 aromatic carbocycles. The summed E-state index contributed by atoms with van der Waals surface area (Å²) in [6.45, 7) is 8.68. The fourth-order valence-corrected chi connectivity index (χ4v) is 4.34. The maximum absolute atomic E-state index is 12.5. The Balaban J connectivity index is 1.49. The van der Waals surface area contributed by atoms with Gasteiger partial charge in [0.1, 0.15) is 5.60 Å². The van der Waals surface area contributed by atoms with E-state index in [9.17, 15) is 4.79 Å². The summed E-state index contributed by atoms with van der Waals surface area (Å²) < 4.78 is 11.9. The summed E-state index contributed by atoms with van der Waals surface area (Å²) in [5, 5.41) is 0. The Morgan fingerprint density at radius 1 is 1.12 bits per heavy atom. The van der Waals surface area contributed by atoms with E-state index < -0.39 is 5.60 Å². The molecule has 1 amide bonds. The first-order chi connectivity index (χ1) is 15.2. The van der Waals surface area contributed by atoms with E-state index in [4.69, 9.17) is 14.5 Å². The number of ether oxygens (including phenoxy) is 2. The van der Waals surface area contributed by atoms with Crippen molar-refractivity contribution >= 4 is 39.1 Å². The van der Waals surface area contributed by atoms with E-state index in [0.29, 0.717) is 19.0 Å². The van der Waals surface area contributed by atoms with Gasteiger partial charge in [0, 0.05) is 49.0 Å². The second-order valence-corrected chi connectivity index (χ2v) is 9.98. The molecule has 2 aliphatic heterocycles. The van der Waals surface area contributed by atoms with Gasteiger partial charge < -0.3 is 19.3 Å². The van der Waals surface area contributed by atoms with Gasteiger partial charge in [-0.2, -0.15) is 0 Å². The summed E-state index contributed by atoms with van der Waals surface area (Å²) in [6.07, 6.45) is 3.13. The Kier molecular flexibility index (Phi) is 6.42. The number of hydrogen-bond acceptors (Lipinski definition) is 6. The number of carbonyl (C=O) groups excluding carboxylic acids is 1. The number of nitrogens with zero attached hydrogens (tertiary/aromatic N) is 4. The van der Waals surface area contributed by atoms with Crippen LogP contribution in [-0.2, 0) is 11.2 Å². The third kappa shape index (κ3) is 5.06. The maximum atomic E-state index is 12.5. The average Bonchev–Trinajstić information content (AvgIpc) is 3.00. The number of methoxy groups -OCH3 is 1. The van der Waals surface area contributed by atoms with E-state index in [1.807, 2.05) is 26.8 Å². The zero-order valence-corrected chi connectivity index (χ0v) is 20.6. The number of anilines is 1. The molecule has 1 fully saturated rings. The molecule has 0 atom stereocenters. The predicted octanol–water partition coefficient (Wildman–Crippen LogP) is 4.98.